The van der Waals surface area contributed by atoms with E-state index in [0.717, 1.165) is 0 Å². The van der Waals surface area contributed by atoms with Crippen LogP contribution >= 0.6 is 12.2 Å². The summed E-state index contributed by atoms with van der Waals surface area (Å²) in [5.41, 5.74) is 0. The molecule has 1 aliphatic heterocycles. The Morgan fingerprint density at radius 2 is 2.56 bits per heavy atom. The normalized spacial score (nSPS) is 26.4. The first kappa shape index (κ1) is 6.46. The summed E-state index contributed by atoms with van der Waals surface area (Å²) < 4.78 is 0. The number of hydrogen-bond acceptors (Lipinski definition) is 3. The number of hydrazine groups is 1. The van der Waals surface area contributed by atoms with Gasteiger partial charge in [0.1, 0.15) is 0 Å². The highest BCUT2D eigenvalue weighted by atomic mass is 32.1. The van der Waals surface area contributed by atoms with Gasteiger partial charge in [0.05, 0.1) is 23.5 Å². The van der Waals surface area contributed by atoms with Crippen molar-refractivity contribution in [3.05, 3.63) is 0 Å². The van der Waals surface area contributed by atoms with Crippen LogP contribution in [-0.2, 0) is 0 Å². The lowest BCUT2D eigenvalue weighted by atomic mass is 10.1. The summed E-state index contributed by atoms with van der Waals surface area (Å²) in [5.74, 6) is 5.40. The summed E-state index contributed by atoms with van der Waals surface area (Å²) in [7, 11) is 0. The van der Waals surface area contributed by atoms with Gasteiger partial charge in [-0.05, 0) is 0 Å². The predicted octanol–water partition coefficient (Wildman–Crippen LogP) is 0.0330. The van der Waals surface area contributed by atoms with E-state index in [2.05, 4.69) is 6.07 Å². The molecule has 9 heavy (non-hydrogen) atoms. The summed E-state index contributed by atoms with van der Waals surface area (Å²) in [4.78, 5) is 0.696. The Labute approximate surface area is 59.0 Å². The van der Waals surface area contributed by atoms with Crippen LogP contribution in [0.4, 0.5) is 0 Å². The van der Waals surface area contributed by atoms with Crippen LogP contribution < -0.4 is 5.84 Å². The molecular weight excluding hydrogens is 134 g/mol. The molecule has 4 heteroatoms. The summed E-state index contributed by atoms with van der Waals surface area (Å²) in [5, 5.41) is 9.87. The Balaban J connectivity index is 2.57. The number of thiocarbonyl (C=S) groups is 1. The lowest BCUT2D eigenvalue weighted by Gasteiger charge is -2.06. The zero-order chi connectivity index (χ0) is 6.85. The van der Waals surface area contributed by atoms with Crippen LogP contribution in [0.5, 0.6) is 0 Å². The minimum absolute atomic E-state index is 0.0162. The molecule has 0 aliphatic carbocycles. The van der Waals surface area contributed by atoms with Crippen molar-refractivity contribution in [1.82, 2.24) is 5.01 Å². The Hall–Kier alpha value is -0.660. The van der Waals surface area contributed by atoms with E-state index in [-0.39, 0.29) is 5.92 Å². The average Bonchev–Trinajstić information content (AvgIpc) is 2.13. The van der Waals surface area contributed by atoms with E-state index in [0.29, 0.717) is 18.0 Å². The van der Waals surface area contributed by atoms with Crippen LogP contribution in [0.1, 0.15) is 6.42 Å². The SMILES string of the molecule is N#CC1CC(=S)N(N)C1. The fourth-order valence-corrected chi connectivity index (χ4v) is 1.09. The van der Waals surface area contributed by atoms with Gasteiger partial charge < -0.3 is 5.01 Å². The number of hydrogen-bond donors (Lipinski definition) is 1. The maximum absolute atomic E-state index is 8.41. The van der Waals surface area contributed by atoms with Crippen molar-refractivity contribution in [3.8, 4) is 6.07 Å². The van der Waals surface area contributed by atoms with Crippen molar-refractivity contribution in [2.45, 2.75) is 6.42 Å². The van der Waals surface area contributed by atoms with Crippen molar-refractivity contribution in [1.29, 1.82) is 5.26 Å². The zero-order valence-corrected chi connectivity index (χ0v) is 5.69. The molecule has 2 N–H and O–H groups in total. The van der Waals surface area contributed by atoms with Gasteiger partial charge in [-0.15, -0.1) is 0 Å². The summed E-state index contributed by atoms with van der Waals surface area (Å²) in [6.07, 6.45) is 0.655. The molecule has 1 unspecified atom stereocenters. The molecule has 0 amide bonds. The number of nitrogens with zero attached hydrogens (tertiary/aromatic N) is 2. The molecule has 1 saturated heterocycles. The van der Waals surface area contributed by atoms with Gasteiger partial charge >= 0.3 is 0 Å². The Morgan fingerprint density at radius 3 is 2.78 bits per heavy atom. The topological polar surface area (TPSA) is 53.0 Å². The largest absolute Gasteiger partial charge is 0.303 e. The van der Waals surface area contributed by atoms with E-state index in [1.54, 1.807) is 0 Å². The van der Waals surface area contributed by atoms with Gasteiger partial charge in [-0.25, -0.2) is 5.84 Å². The van der Waals surface area contributed by atoms with Crippen molar-refractivity contribution < 1.29 is 0 Å². The van der Waals surface area contributed by atoms with Crippen LogP contribution in [0.25, 0.3) is 0 Å². The van der Waals surface area contributed by atoms with E-state index < -0.39 is 0 Å². The van der Waals surface area contributed by atoms with Crippen LogP contribution in [0.2, 0.25) is 0 Å². The van der Waals surface area contributed by atoms with E-state index >= 15 is 0 Å². The molecule has 1 rings (SSSR count). The fourth-order valence-electron chi connectivity index (χ4n) is 0.818. The molecule has 0 aromatic heterocycles. The first-order valence-corrected chi connectivity index (χ1v) is 3.09. The van der Waals surface area contributed by atoms with Crippen LogP contribution in [-0.4, -0.2) is 16.5 Å². The molecule has 1 aliphatic rings. The molecular formula is C5H7N3S. The minimum atomic E-state index is 0.0162. The first-order valence-electron chi connectivity index (χ1n) is 2.68. The van der Waals surface area contributed by atoms with Crippen LogP contribution in [0.15, 0.2) is 0 Å². The van der Waals surface area contributed by atoms with Crippen molar-refractivity contribution >= 4 is 17.2 Å². The third-order valence-corrected chi connectivity index (χ3v) is 1.74. The van der Waals surface area contributed by atoms with Crippen molar-refractivity contribution in [3.63, 3.8) is 0 Å². The molecule has 0 radical (unpaired) electrons. The molecule has 1 heterocycles. The molecule has 48 valence electrons. The van der Waals surface area contributed by atoms with Gasteiger partial charge in [0, 0.05) is 6.42 Å². The highest BCUT2D eigenvalue weighted by Gasteiger charge is 2.23. The fraction of sp³-hybridized carbons (Fsp3) is 0.600. The van der Waals surface area contributed by atoms with Crippen molar-refractivity contribution in [2.75, 3.05) is 6.54 Å². The molecule has 3 nitrogen and oxygen atoms in total. The van der Waals surface area contributed by atoms with Gasteiger partial charge in [0.2, 0.25) is 0 Å². The number of rotatable bonds is 0. The van der Waals surface area contributed by atoms with Gasteiger partial charge in [0.25, 0.3) is 0 Å². The summed E-state index contributed by atoms with van der Waals surface area (Å²) in [6.45, 7) is 0.593. The monoisotopic (exact) mass is 141 g/mol. The van der Waals surface area contributed by atoms with E-state index in [9.17, 15) is 0 Å². The van der Waals surface area contributed by atoms with E-state index in [4.69, 9.17) is 23.3 Å². The summed E-state index contributed by atoms with van der Waals surface area (Å²) >= 11 is 4.83. The second-order valence-electron chi connectivity index (χ2n) is 2.08. The molecule has 0 bridgehead atoms. The molecule has 0 saturated carbocycles. The van der Waals surface area contributed by atoms with Crippen LogP contribution in [0, 0.1) is 17.2 Å². The standard InChI is InChI=1S/C5H7N3S/c6-2-4-1-5(9)8(7)3-4/h4H,1,3,7H2. The molecule has 1 fully saturated rings. The van der Waals surface area contributed by atoms with E-state index in [1.165, 1.54) is 5.01 Å². The van der Waals surface area contributed by atoms with E-state index in [1.807, 2.05) is 0 Å². The second kappa shape index (κ2) is 2.29. The maximum Gasteiger partial charge on any atom is 0.0933 e. The van der Waals surface area contributed by atoms with Gasteiger partial charge in [-0.2, -0.15) is 5.26 Å². The maximum atomic E-state index is 8.41. The van der Waals surface area contributed by atoms with Gasteiger partial charge in [-0.3, -0.25) is 0 Å². The molecule has 1 atom stereocenters. The molecule has 0 aromatic rings. The average molecular weight is 141 g/mol. The van der Waals surface area contributed by atoms with Crippen molar-refractivity contribution in [2.24, 2.45) is 11.8 Å². The second-order valence-corrected chi connectivity index (χ2v) is 2.55. The number of nitriles is 1. The smallest absolute Gasteiger partial charge is 0.0933 e. The highest BCUT2D eigenvalue weighted by molar-refractivity contribution is 7.80. The molecule has 0 spiro atoms. The molecule has 0 aromatic carbocycles. The Kier molecular flexibility index (Phi) is 1.65. The Bertz CT molecular complexity index is 172. The first-order chi connectivity index (χ1) is 4.24. The predicted molar refractivity (Wildman–Crippen MR) is 37.2 cm³/mol. The summed E-state index contributed by atoms with van der Waals surface area (Å²) in [6, 6.07) is 2.12. The highest BCUT2D eigenvalue weighted by Crippen LogP contribution is 2.13. The lowest BCUT2D eigenvalue weighted by Crippen LogP contribution is -2.30. The third-order valence-electron chi connectivity index (χ3n) is 1.34. The quantitative estimate of drug-likeness (QED) is 0.382. The number of nitrogens with two attached hydrogens (primary N) is 1. The Morgan fingerprint density at radius 1 is 1.89 bits per heavy atom. The van der Waals surface area contributed by atoms with Gasteiger partial charge in [0.15, 0.2) is 0 Å². The lowest BCUT2D eigenvalue weighted by molar-refractivity contribution is 0.456. The van der Waals surface area contributed by atoms with Gasteiger partial charge in [-0.1, -0.05) is 12.2 Å². The zero-order valence-electron chi connectivity index (χ0n) is 4.87. The third kappa shape index (κ3) is 1.18. The minimum Gasteiger partial charge on any atom is -0.303 e. The van der Waals surface area contributed by atoms with Crippen LogP contribution in [0.3, 0.4) is 0 Å².